The number of non-ortho nitro benzene ring substituents is 1. The van der Waals surface area contributed by atoms with Crippen LogP contribution < -0.4 is 10.6 Å². The van der Waals surface area contributed by atoms with Gasteiger partial charge >= 0.3 is 0 Å². The normalized spacial score (nSPS) is 17.7. The number of aryl methyl sites for hydroxylation is 1. The van der Waals surface area contributed by atoms with E-state index in [4.69, 9.17) is 5.73 Å². The molecule has 2 aromatic rings. The zero-order valence-corrected chi connectivity index (χ0v) is 16.2. The number of benzene rings is 2. The number of hydrogen-bond acceptors (Lipinski definition) is 6. The minimum atomic E-state index is -0.920. The van der Waals surface area contributed by atoms with Gasteiger partial charge in [-0.1, -0.05) is 41.6 Å². The van der Waals surface area contributed by atoms with E-state index in [1.165, 1.54) is 17.0 Å². The van der Waals surface area contributed by atoms with Crippen LogP contribution in [0.2, 0.25) is 0 Å². The van der Waals surface area contributed by atoms with Gasteiger partial charge in [0.2, 0.25) is 5.91 Å². The van der Waals surface area contributed by atoms with Crippen LogP contribution in [0.25, 0.3) is 0 Å². The van der Waals surface area contributed by atoms with Crippen LogP contribution in [0.4, 0.5) is 11.4 Å². The second-order valence-corrected chi connectivity index (χ2v) is 7.59. The minimum Gasteiger partial charge on any atom is -0.365 e. The molecule has 9 heteroatoms. The van der Waals surface area contributed by atoms with Crippen LogP contribution >= 0.6 is 11.8 Å². The largest absolute Gasteiger partial charge is 0.365 e. The molecule has 0 bridgehead atoms. The Morgan fingerprint density at radius 3 is 2.59 bits per heavy atom. The topological polar surface area (TPSA) is 130 Å². The number of amides is 2. The molecule has 2 amide bonds. The van der Waals surface area contributed by atoms with Crippen molar-refractivity contribution in [2.75, 3.05) is 4.90 Å². The number of nitro benzene ring substituents is 1. The Morgan fingerprint density at radius 2 is 2.00 bits per heavy atom. The number of nitrogens with two attached hydrogens (primary N) is 1. The molecule has 1 aliphatic rings. The van der Waals surface area contributed by atoms with Crippen LogP contribution in [0, 0.1) is 28.4 Å². The van der Waals surface area contributed by atoms with Crippen molar-refractivity contribution >= 4 is 35.0 Å². The second kappa shape index (κ2) is 8.16. The Kier molecular flexibility index (Phi) is 5.66. The Bertz CT molecular complexity index is 1070. The van der Waals surface area contributed by atoms with Crippen LogP contribution in [0.15, 0.2) is 59.1 Å². The number of thioether (sulfide) groups is 1. The molecule has 0 aliphatic carbocycles. The number of carbonyl (C=O) groups is 2. The van der Waals surface area contributed by atoms with Gasteiger partial charge in [-0.15, -0.1) is 0 Å². The summed E-state index contributed by atoms with van der Waals surface area (Å²) in [6.07, 6.45) is 0.203. The van der Waals surface area contributed by atoms with Gasteiger partial charge in [0, 0.05) is 17.8 Å². The monoisotopic (exact) mass is 408 g/mol. The van der Waals surface area contributed by atoms with Crippen molar-refractivity contribution in [1.82, 2.24) is 0 Å². The summed E-state index contributed by atoms with van der Waals surface area (Å²) < 4.78 is 0. The first kappa shape index (κ1) is 20.1. The fourth-order valence-electron chi connectivity index (χ4n) is 2.94. The second-order valence-electron chi connectivity index (χ2n) is 6.40. The first-order chi connectivity index (χ1) is 13.8. The van der Waals surface area contributed by atoms with E-state index in [-0.39, 0.29) is 28.6 Å². The molecule has 1 atom stereocenters. The lowest BCUT2D eigenvalue weighted by atomic mass is 10.1. The third kappa shape index (κ3) is 4.12. The van der Waals surface area contributed by atoms with E-state index in [0.717, 1.165) is 17.3 Å². The van der Waals surface area contributed by atoms with E-state index in [1.54, 1.807) is 30.3 Å². The number of primary amides is 1. The molecule has 2 aromatic carbocycles. The predicted molar refractivity (Wildman–Crippen MR) is 109 cm³/mol. The molecule has 0 unspecified atom stereocenters. The Morgan fingerprint density at radius 1 is 1.31 bits per heavy atom. The summed E-state index contributed by atoms with van der Waals surface area (Å²) in [5, 5.41) is 19.9. The van der Waals surface area contributed by atoms with Gasteiger partial charge in [0.1, 0.15) is 16.7 Å². The van der Waals surface area contributed by atoms with Crippen molar-refractivity contribution in [2.45, 2.75) is 18.6 Å². The summed E-state index contributed by atoms with van der Waals surface area (Å²) in [5.41, 5.74) is 7.08. The molecule has 0 saturated carbocycles. The summed E-state index contributed by atoms with van der Waals surface area (Å²) in [6.45, 7) is 1.90. The van der Waals surface area contributed by atoms with Crippen LogP contribution in [0.3, 0.4) is 0 Å². The molecule has 8 nitrogen and oxygen atoms in total. The van der Waals surface area contributed by atoms with Gasteiger partial charge in [0.15, 0.2) is 0 Å². The van der Waals surface area contributed by atoms with Crippen molar-refractivity contribution < 1.29 is 14.5 Å². The molecule has 146 valence electrons. The molecule has 0 radical (unpaired) electrons. The molecule has 3 rings (SSSR count). The van der Waals surface area contributed by atoms with Crippen LogP contribution in [0.5, 0.6) is 0 Å². The van der Waals surface area contributed by atoms with E-state index in [9.17, 15) is 25.0 Å². The SMILES string of the molecule is Cc1ccc(N2C(=O)[C@H](Cc3cccc([N+](=O)[O-])c3)S/C2=C(/C#N)C(N)=O)cc1. The highest BCUT2D eigenvalue weighted by Gasteiger charge is 2.40. The summed E-state index contributed by atoms with van der Waals surface area (Å²) in [4.78, 5) is 36.7. The molecule has 0 aromatic heterocycles. The zero-order chi connectivity index (χ0) is 21.1. The van der Waals surface area contributed by atoms with E-state index < -0.39 is 16.1 Å². The average Bonchev–Trinajstić information content (AvgIpc) is 2.99. The first-order valence-corrected chi connectivity index (χ1v) is 9.44. The van der Waals surface area contributed by atoms with Gasteiger partial charge in [0.05, 0.1) is 10.2 Å². The maximum Gasteiger partial charge on any atom is 0.269 e. The highest BCUT2D eigenvalue weighted by atomic mass is 32.2. The fraction of sp³-hybridized carbons (Fsp3) is 0.150. The molecule has 0 spiro atoms. The van der Waals surface area contributed by atoms with Gasteiger partial charge in [-0.2, -0.15) is 5.26 Å². The molecule has 1 aliphatic heterocycles. The molecule has 2 N–H and O–H groups in total. The van der Waals surface area contributed by atoms with Gasteiger partial charge in [-0.05, 0) is 31.0 Å². The molecule has 1 saturated heterocycles. The number of nitrogens with zero attached hydrogens (tertiary/aromatic N) is 3. The van der Waals surface area contributed by atoms with Gasteiger partial charge < -0.3 is 5.73 Å². The van der Waals surface area contributed by atoms with Crippen LogP contribution in [-0.2, 0) is 16.0 Å². The standard InChI is InChI=1S/C20H16N4O4S/c1-12-5-7-14(8-6-12)23-19(26)17(29-20(23)16(11-21)18(22)25)10-13-3-2-4-15(9-13)24(27)28/h2-9,17H,10H2,1H3,(H2,22,25)/b20-16-/t17-/m0/s1. The summed E-state index contributed by atoms with van der Waals surface area (Å²) in [7, 11) is 0. The molecular formula is C20H16N4O4S. The molecule has 1 fully saturated rings. The predicted octanol–water partition coefficient (Wildman–Crippen LogP) is 2.81. The lowest BCUT2D eigenvalue weighted by Crippen LogP contribution is -2.31. The van der Waals surface area contributed by atoms with E-state index in [2.05, 4.69) is 0 Å². The van der Waals surface area contributed by atoms with Crippen molar-refractivity contribution in [3.8, 4) is 6.07 Å². The number of nitriles is 1. The molecular weight excluding hydrogens is 392 g/mol. The number of hydrogen-bond donors (Lipinski definition) is 1. The summed E-state index contributed by atoms with van der Waals surface area (Å²) in [6, 6.07) is 14.9. The van der Waals surface area contributed by atoms with E-state index >= 15 is 0 Å². The van der Waals surface area contributed by atoms with Gasteiger partial charge in [0.25, 0.3) is 11.6 Å². The third-order valence-corrected chi connectivity index (χ3v) is 5.62. The van der Waals surface area contributed by atoms with Crippen molar-refractivity contribution in [1.29, 1.82) is 5.26 Å². The third-order valence-electron chi connectivity index (χ3n) is 4.36. The summed E-state index contributed by atoms with van der Waals surface area (Å²) >= 11 is 1.06. The number of anilines is 1. The van der Waals surface area contributed by atoms with E-state index in [1.807, 2.05) is 19.1 Å². The lowest BCUT2D eigenvalue weighted by Gasteiger charge is -2.18. The highest BCUT2D eigenvalue weighted by Crippen LogP contribution is 2.42. The summed E-state index contributed by atoms with van der Waals surface area (Å²) in [5.74, 6) is -1.25. The van der Waals surface area contributed by atoms with Gasteiger partial charge in [-0.25, -0.2) is 0 Å². The van der Waals surface area contributed by atoms with Crippen molar-refractivity contribution in [2.24, 2.45) is 5.73 Å². The minimum absolute atomic E-state index is 0.0704. The number of carbonyl (C=O) groups excluding carboxylic acids is 2. The van der Waals surface area contributed by atoms with Crippen molar-refractivity contribution in [3.05, 3.63) is 80.4 Å². The van der Waals surface area contributed by atoms with Gasteiger partial charge in [-0.3, -0.25) is 24.6 Å². The lowest BCUT2D eigenvalue weighted by molar-refractivity contribution is -0.384. The Labute approximate surface area is 170 Å². The maximum absolute atomic E-state index is 13.1. The average molecular weight is 408 g/mol. The number of nitro groups is 1. The molecule has 1 heterocycles. The highest BCUT2D eigenvalue weighted by molar-refractivity contribution is 8.05. The Balaban J connectivity index is 2.01. The van der Waals surface area contributed by atoms with Crippen LogP contribution in [-0.4, -0.2) is 22.0 Å². The molecule has 29 heavy (non-hydrogen) atoms. The fourth-order valence-corrected chi connectivity index (χ4v) is 4.26. The smallest absolute Gasteiger partial charge is 0.269 e. The number of rotatable bonds is 5. The quantitative estimate of drug-likeness (QED) is 0.350. The van der Waals surface area contributed by atoms with E-state index in [0.29, 0.717) is 11.3 Å². The Hall–Kier alpha value is -3.64. The van der Waals surface area contributed by atoms with Crippen molar-refractivity contribution in [3.63, 3.8) is 0 Å². The zero-order valence-electron chi connectivity index (χ0n) is 15.4. The maximum atomic E-state index is 13.1. The van der Waals surface area contributed by atoms with Crippen LogP contribution in [0.1, 0.15) is 11.1 Å². The first-order valence-electron chi connectivity index (χ1n) is 8.56.